The first-order chi connectivity index (χ1) is 9.77. The van der Waals surface area contributed by atoms with E-state index < -0.39 is 0 Å². The first-order valence-corrected chi connectivity index (χ1v) is 8.98. The number of rotatable bonds is 4. The summed E-state index contributed by atoms with van der Waals surface area (Å²) in [5.74, 6) is 0.714. The Morgan fingerprint density at radius 2 is 1.90 bits per heavy atom. The Labute approximate surface area is 133 Å². The SMILES string of the molecule is Cc1nc(C(C)(C)C)sc1C(C)NCC1CCC(O)CC1. The zero-order chi connectivity index (χ0) is 15.6. The van der Waals surface area contributed by atoms with Gasteiger partial charge in [0, 0.05) is 16.3 Å². The molecule has 1 aromatic heterocycles. The molecule has 2 rings (SSSR count). The largest absolute Gasteiger partial charge is 0.393 e. The van der Waals surface area contributed by atoms with E-state index in [2.05, 4.69) is 39.9 Å². The van der Waals surface area contributed by atoms with Crippen LogP contribution in [0.5, 0.6) is 0 Å². The van der Waals surface area contributed by atoms with Gasteiger partial charge in [0.1, 0.15) is 0 Å². The first-order valence-electron chi connectivity index (χ1n) is 8.16. The molecule has 1 aliphatic rings. The molecule has 4 heteroatoms. The second-order valence-electron chi connectivity index (χ2n) is 7.52. The van der Waals surface area contributed by atoms with Crippen molar-refractivity contribution in [3.63, 3.8) is 0 Å². The first kappa shape index (κ1) is 16.9. The van der Waals surface area contributed by atoms with E-state index in [9.17, 15) is 5.11 Å². The number of aliphatic hydroxyl groups is 1. The fourth-order valence-electron chi connectivity index (χ4n) is 2.92. The van der Waals surface area contributed by atoms with Crippen LogP contribution in [0.25, 0.3) is 0 Å². The molecule has 0 aromatic carbocycles. The van der Waals surface area contributed by atoms with E-state index >= 15 is 0 Å². The zero-order valence-electron chi connectivity index (χ0n) is 14.1. The Morgan fingerprint density at radius 1 is 1.29 bits per heavy atom. The van der Waals surface area contributed by atoms with Crippen molar-refractivity contribution in [2.24, 2.45) is 5.92 Å². The van der Waals surface area contributed by atoms with Crippen LogP contribution in [0.4, 0.5) is 0 Å². The average Bonchev–Trinajstić information content (AvgIpc) is 2.80. The maximum Gasteiger partial charge on any atom is 0.0985 e. The van der Waals surface area contributed by atoms with Gasteiger partial charge >= 0.3 is 0 Å². The van der Waals surface area contributed by atoms with Gasteiger partial charge in [0.15, 0.2) is 0 Å². The minimum Gasteiger partial charge on any atom is -0.393 e. The normalized spacial score (nSPS) is 25.0. The van der Waals surface area contributed by atoms with Crippen molar-refractivity contribution in [2.45, 2.75) is 77.9 Å². The van der Waals surface area contributed by atoms with Crippen LogP contribution in [0.2, 0.25) is 0 Å². The van der Waals surface area contributed by atoms with Gasteiger partial charge in [-0.15, -0.1) is 11.3 Å². The van der Waals surface area contributed by atoms with Crippen molar-refractivity contribution in [1.29, 1.82) is 0 Å². The van der Waals surface area contributed by atoms with E-state index in [4.69, 9.17) is 4.98 Å². The lowest BCUT2D eigenvalue weighted by atomic mass is 9.87. The number of aliphatic hydroxyl groups excluding tert-OH is 1. The van der Waals surface area contributed by atoms with Crippen LogP contribution in [-0.4, -0.2) is 22.7 Å². The van der Waals surface area contributed by atoms with Gasteiger partial charge in [0.2, 0.25) is 0 Å². The Hall–Kier alpha value is -0.450. The summed E-state index contributed by atoms with van der Waals surface area (Å²) in [5, 5.41) is 14.5. The number of aromatic nitrogens is 1. The van der Waals surface area contributed by atoms with Crippen LogP contribution in [0.1, 0.15) is 75.0 Å². The zero-order valence-corrected chi connectivity index (χ0v) is 14.9. The highest BCUT2D eigenvalue weighted by molar-refractivity contribution is 7.12. The molecular formula is C17H30N2OS. The topological polar surface area (TPSA) is 45.2 Å². The van der Waals surface area contributed by atoms with Crippen LogP contribution in [0.3, 0.4) is 0 Å². The summed E-state index contributed by atoms with van der Waals surface area (Å²) >= 11 is 1.85. The molecule has 0 saturated heterocycles. The minimum atomic E-state index is -0.0586. The van der Waals surface area contributed by atoms with Gasteiger partial charge in [-0.1, -0.05) is 20.8 Å². The molecule has 0 radical (unpaired) electrons. The van der Waals surface area contributed by atoms with Crippen LogP contribution < -0.4 is 5.32 Å². The van der Waals surface area contributed by atoms with Gasteiger partial charge in [0.25, 0.3) is 0 Å². The average molecular weight is 311 g/mol. The number of hydrogen-bond acceptors (Lipinski definition) is 4. The van der Waals surface area contributed by atoms with Gasteiger partial charge in [-0.25, -0.2) is 4.98 Å². The van der Waals surface area contributed by atoms with Crippen molar-refractivity contribution >= 4 is 11.3 Å². The maximum atomic E-state index is 9.57. The van der Waals surface area contributed by atoms with Crippen molar-refractivity contribution in [1.82, 2.24) is 10.3 Å². The lowest BCUT2D eigenvalue weighted by molar-refractivity contribution is 0.108. The van der Waals surface area contributed by atoms with E-state index in [1.54, 1.807) is 0 Å². The molecular weight excluding hydrogens is 280 g/mol. The molecule has 3 nitrogen and oxygen atoms in total. The Morgan fingerprint density at radius 3 is 2.43 bits per heavy atom. The third-order valence-electron chi connectivity index (χ3n) is 4.40. The number of nitrogens with one attached hydrogen (secondary N) is 1. The summed E-state index contributed by atoms with van der Waals surface area (Å²) in [6.45, 7) is 12.1. The summed E-state index contributed by atoms with van der Waals surface area (Å²) < 4.78 is 0. The lowest BCUT2D eigenvalue weighted by Gasteiger charge is -2.26. The van der Waals surface area contributed by atoms with Gasteiger partial charge in [-0.05, 0) is 52.0 Å². The van der Waals surface area contributed by atoms with Crippen LogP contribution in [0, 0.1) is 12.8 Å². The van der Waals surface area contributed by atoms with Gasteiger partial charge in [-0.2, -0.15) is 0 Å². The molecule has 21 heavy (non-hydrogen) atoms. The number of nitrogens with zero attached hydrogens (tertiary/aromatic N) is 1. The highest BCUT2D eigenvalue weighted by Gasteiger charge is 2.23. The molecule has 1 fully saturated rings. The quantitative estimate of drug-likeness (QED) is 0.885. The molecule has 0 aliphatic heterocycles. The van der Waals surface area contributed by atoms with E-state index in [0.29, 0.717) is 12.0 Å². The molecule has 1 heterocycles. The monoisotopic (exact) mass is 310 g/mol. The molecule has 1 unspecified atom stereocenters. The van der Waals surface area contributed by atoms with E-state index in [1.807, 2.05) is 11.3 Å². The van der Waals surface area contributed by atoms with Gasteiger partial charge in [-0.3, -0.25) is 0 Å². The highest BCUT2D eigenvalue weighted by Crippen LogP contribution is 2.33. The number of thiazole rings is 1. The lowest BCUT2D eigenvalue weighted by Crippen LogP contribution is -2.29. The second-order valence-corrected chi connectivity index (χ2v) is 8.55. The predicted molar refractivity (Wildman–Crippen MR) is 89.9 cm³/mol. The van der Waals surface area contributed by atoms with E-state index in [1.165, 1.54) is 15.6 Å². The standard InChI is InChI=1S/C17H30N2OS/c1-11(18-10-13-6-8-14(20)9-7-13)15-12(2)19-16(21-15)17(3,4)5/h11,13-14,18,20H,6-10H2,1-5H3. The highest BCUT2D eigenvalue weighted by atomic mass is 32.1. The van der Waals surface area contributed by atoms with Gasteiger partial charge < -0.3 is 10.4 Å². The summed E-state index contributed by atoms with van der Waals surface area (Å²) in [6, 6.07) is 0.366. The van der Waals surface area contributed by atoms with Crippen LogP contribution in [-0.2, 0) is 5.41 Å². The Kier molecular flexibility index (Phi) is 5.44. The van der Waals surface area contributed by atoms with Crippen molar-refractivity contribution < 1.29 is 5.11 Å². The summed E-state index contributed by atoms with van der Waals surface area (Å²) in [5.41, 5.74) is 1.30. The molecule has 120 valence electrons. The Balaban J connectivity index is 1.91. The fourth-order valence-corrected chi connectivity index (χ4v) is 4.07. The number of aryl methyl sites for hydroxylation is 1. The fraction of sp³-hybridized carbons (Fsp3) is 0.824. The smallest absolute Gasteiger partial charge is 0.0985 e. The summed E-state index contributed by atoms with van der Waals surface area (Å²) in [7, 11) is 0. The third kappa shape index (κ3) is 4.51. The van der Waals surface area contributed by atoms with Crippen LogP contribution >= 0.6 is 11.3 Å². The van der Waals surface area contributed by atoms with Crippen molar-refractivity contribution in [3.8, 4) is 0 Å². The molecule has 0 bridgehead atoms. The molecule has 2 N–H and O–H groups in total. The molecule has 0 spiro atoms. The predicted octanol–water partition coefficient (Wildman–Crippen LogP) is 3.95. The summed E-state index contributed by atoms with van der Waals surface area (Å²) in [4.78, 5) is 6.12. The minimum absolute atomic E-state index is 0.0586. The molecule has 1 aliphatic carbocycles. The third-order valence-corrected chi connectivity index (χ3v) is 6.16. The molecule has 1 aromatic rings. The Bertz CT molecular complexity index is 456. The molecule has 1 saturated carbocycles. The molecule has 0 amide bonds. The number of hydrogen-bond donors (Lipinski definition) is 2. The summed E-state index contributed by atoms with van der Waals surface area (Å²) in [6.07, 6.45) is 4.17. The van der Waals surface area contributed by atoms with Crippen LogP contribution in [0.15, 0.2) is 0 Å². The molecule has 1 atom stereocenters. The van der Waals surface area contributed by atoms with Crippen molar-refractivity contribution in [2.75, 3.05) is 6.54 Å². The van der Waals surface area contributed by atoms with Crippen molar-refractivity contribution in [3.05, 3.63) is 15.6 Å². The van der Waals surface area contributed by atoms with E-state index in [0.717, 1.165) is 32.2 Å². The van der Waals surface area contributed by atoms with Gasteiger partial charge in [0.05, 0.1) is 16.8 Å². The second kappa shape index (κ2) is 6.76. The van der Waals surface area contributed by atoms with E-state index in [-0.39, 0.29) is 11.5 Å². The maximum absolute atomic E-state index is 9.57.